The van der Waals surface area contributed by atoms with E-state index in [1.54, 1.807) is 76.9 Å². The zero-order valence-corrected chi connectivity index (χ0v) is 48.0. The molecule has 0 atom stereocenters. The van der Waals surface area contributed by atoms with Gasteiger partial charge in [0.2, 0.25) is 0 Å². The van der Waals surface area contributed by atoms with Crippen LogP contribution < -0.4 is 9.80 Å². The van der Waals surface area contributed by atoms with Crippen LogP contribution in [-0.2, 0) is 33.3 Å². The summed E-state index contributed by atoms with van der Waals surface area (Å²) in [5.41, 5.74) is 10.5. The van der Waals surface area contributed by atoms with Crippen molar-refractivity contribution in [3.63, 3.8) is 0 Å². The Kier molecular flexibility index (Phi) is 21.6. The Morgan fingerprint density at radius 1 is 0.519 bits per heavy atom. The van der Waals surface area contributed by atoms with Crippen molar-refractivity contribution in [2.75, 3.05) is 70.6 Å². The number of esters is 3. The lowest BCUT2D eigenvalue weighted by atomic mass is 10.0. The van der Waals surface area contributed by atoms with Crippen molar-refractivity contribution in [1.29, 1.82) is 0 Å². The van der Waals surface area contributed by atoms with Gasteiger partial charge in [0.25, 0.3) is 11.8 Å². The topological polar surface area (TPSA) is 214 Å². The summed E-state index contributed by atoms with van der Waals surface area (Å²) < 4.78 is 27.1. The van der Waals surface area contributed by atoms with E-state index >= 15 is 0 Å². The summed E-state index contributed by atoms with van der Waals surface area (Å²) in [6.07, 6.45) is 5.29. The lowest BCUT2D eigenvalue weighted by molar-refractivity contribution is -0.126. The third kappa shape index (κ3) is 16.9. The van der Waals surface area contributed by atoms with Gasteiger partial charge in [0.1, 0.15) is 13.2 Å². The molecule has 4 aromatic carbocycles. The van der Waals surface area contributed by atoms with Gasteiger partial charge in [0, 0.05) is 72.3 Å². The third-order valence-electron chi connectivity index (χ3n) is 11.3. The predicted molar refractivity (Wildman–Crippen MR) is 305 cm³/mol. The molecule has 9 rings (SSSR count). The first kappa shape index (κ1) is 59.0. The van der Waals surface area contributed by atoms with Crippen LogP contribution >= 0.6 is 54.5 Å². The zero-order valence-electron chi connectivity index (χ0n) is 42.7. The number of carbonyl (C=O) groups is 6. The van der Waals surface area contributed by atoms with Gasteiger partial charge >= 0.3 is 23.9 Å². The summed E-state index contributed by atoms with van der Waals surface area (Å²) in [4.78, 5) is 86.4. The predicted octanol–water partition coefficient (Wildman–Crippen LogP) is 10.8. The number of hydrogen-bond acceptors (Lipinski definition) is 14. The van der Waals surface area contributed by atoms with E-state index in [0.29, 0.717) is 65.6 Å². The van der Waals surface area contributed by atoms with E-state index in [1.807, 2.05) is 75.4 Å². The molecule has 2 aliphatic heterocycles. The van der Waals surface area contributed by atoms with Crippen LogP contribution in [0, 0.1) is 24.3 Å². The largest absolute Gasteiger partial charge is 0.478 e. The van der Waals surface area contributed by atoms with Gasteiger partial charge in [-0.25, -0.2) is 19.2 Å². The van der Waals surface area contributed by atoms with Crippen LogP contribution in [0.5, 0.6) is 0 Å². The van der Waals surface area contributed by atoms with Crippen molar-refractivity contribution in [3.8, 4) is 33.8 Å². The Labute approximate surface area is 475 Å². The molecule has 77 heavy (non-hydrogen) atoms. The lowest BCUT2D eigenvalue weighted by Gasteiger charge is -2.27. The number of carboxylic acids is 1. The second-order valence-electron chi connectivity index (χ2n) is 17.1. The number of morpholine rings is 2. The summed E-state index contributed by atoms with van der Waals surface area (Å²) in [6, 6.07) is 32.4. The molecule has 398 valence electrons. The van der Waals surface area contributed by atoms with Crippen LogP contribution in [0.15, 0.2) is 137 Å². The molecule has 0 radical (unpaired) electrons. The number of halogens is 3. The fourth-order valence-corrected chi connectivity index (χ4v) is 9.53. The summed E-state index contributed by atoms with van der Waals surface area (Å²) in [5, 5.41) is 9.34. The highest BCUT2D eigenvalue weighted by Gasteiger charge is 2.24. The Hall–Kier alpha value is -7.24. The van der Waals surface area contributed by atoms with Crippen molar-refractivity contribution in [2.24, 2.45) is 0 Å². The number of aromatic nitrogens is 3. The summed E-state index contributed by atoms with van der Waals surface area (Å²) in [5.74, 6) is -2.47. The average molecular weight is 1290 g/mol. The van der Waals surface area contributed by atoms with E-state index in [2.05, 4.69) is 74.1 Å². The Morgan fingerprint density at radius 3 is 1.25 bits per heavy atom. The number of carbonyl (C=O) groups excluding carboxylic acids is 5. The monoisotopic (exact) mass is 1280 g/mol. The Balaban J connectivity index is 0.000000171. The molecule has 0 saturated carbocycles. The highest BCUT2D eigenvalue weighted by molar-refractivity contribution is 14.1. The first-order valence-electron chi connectivity index (χ1n) is 23.5. The normalized spacial score (nSPS) is 12.8. The van der Waals surface area contributed by atoms with Gasteiger partial charge in [0.15, 0.2) is 0 Å². The molecule has 1 N–H and O–H groups in total. The van der Waals surface area contributed by atoms with Gasteiger partial charge < -0.3 is 38.6 Å². The van der Waals surface area contributed by atoms with E-state index in [4.69, 9.17) is 18.9 Å². The smallest absolute Gasteiger partial charge is 0.337 e. The van der Waals surface area contributed by atoms with Crippen molar-refractivity contribution in [3.05, 3.63) is 179 Å². The van der Waals surface area contributed by atoms with E-state index in [0.717, 1.165) is 51.7 Å². The SMILES string of the molecule is COC(=O)c1cc(-c2ccc(C)cn2)cc(N2CCOCC2=O)c1.COC(=O)c1cc(Br)cc(-c2ccc(C)cn2)c1.COC(=O)c1cc(Br)cc(I)c1.Cc1ccc(-c2cc(C(=O)O)cc(N3CCOCC3=O)c2)nc1. The highest BCUT2D eigenvalue weighted by atomic mass is 127. The molecule has 3 aromatic heterocycles. The van der Waals surface area contributed by atoms with Crippen molar-refractivity contribution < 1.29 is 57.6 Å². The number of aryl methyl sites for hydroxylation is 3. The second-order valence-corrected chi connectivity index (χ2v) is 20.1. The lowest BCUT2D eigenvalue weighted by Crippen LogP contribution is -2.41. The number of anilines is 2. The number of aromatic carboxylic acids is 1. The minimum absolute atomic E-state index is 0.00934. The third-order valence-corrected chi connectivity index (χ3v) is 12.9. The van der Waals surface area contributed by atoms with Gasteiger partial charge in [-0.2, -0.15) is 0 Å². The molecule has 0 unspecified atom stereocenters. The molecule has 0 aliphatic carbocycles. The zero-order chi connectivity index (χ0) is 55.8. The van der Waals surface area contributed by atoms with Crippen molar-refractivity contribution >= 4 is 102 Å². The number of hydrogen-bond donors (Lipinski definition) is 1. The van der Waals surface area contributed by atoms with Crippen molar-refractivity contribution in [1.82, 2.24) is 15.0 Å². The van der Waals surface area contributed by atoms with E-state index in [1.165, 1.54) is 27.4 Å². The number of carboxylic acid groups (broad SMARTS) is 1. The minimum atomic E-state index is -1.04. The molecule has 2 aliphatic rings. The van der Waals surface area contributed by atoms with E-state index in [-0.39, 0.29) is 42.5 Å². The number of rotatable bonds is 9. The summed E-state index contributed by atoms with van der Waals surface area (Å²) >= 11 is 8.83. The van der Waals surface area contributed by atoms with Crippen LogP contribution in [0.1, 0.15) is 58.1 Å². The highest BCUT2D eigenvalue weighted by Crippen LogP contribution is 2.30. The molecule has 17 nitrogen and oxygen atoms in total. The van der Waals surface area contributed by atoms with Crippen LogP contribution in [-0.4, -0.2) is 117 Å². The molecule has 20 heteroatoms. The van der Waals surface area contributed by atoms with Gasteiger partial charge in [-0.1, -0.05) is 50.1 Å². The first-order valence-corrected chi connectivity index (χ1v) is 26.1. The fraction of sp³-hybridized carbons (Fsp3) is 0.211. The maximum Gasteiger partial charge on any atom is 0.337 e. The molecule has 7 aromatic rings. The quantitative estimate of drug-likeness (QED) is 0.0808. The summed E-state index contributed by atoms with van der Waals surface area (Å²) in [6.45, 7) is 7.68. The van der Waals surface area contributed by atoms with Gasteiger partial charge in [-0.15, -0.1) is 0 Å². The van der Waals surface area contributed by atoms with E-state index < -0.39 is 11.9 Å². The maximum absolute atomic E-state index is 12.1. The number of benzene rings is 4. The van der Waals surface area contributed by atoms with Crippen LogP contribution in [0.4, 0.5) is 11.4 Å². The minimum Gasteiger partial charge on any atom is -0.478 e. The average Bonchev–Trinajstić information content (AvgIpc) is 3.43. The van der Waals surface area contributed by atoms with Gasteiger partial charge in [-0.3, -0.25) is 24.5 Å². The molecule has 5 heterocycles. The second kappa shape index (κ2) is 28.2. The van der Waals surface area contributed by atoms with E-state index in [9.17, 15) is 33.9 Å². The molecule has 2 fully saturated rings. The number of methoxy groups -OCH3 is 3. The number of pyridine rings is 3. The fourth-order valence-electron chi connectivity index (χ4n) is 7.45. The first-order chi connectivity index (χ1) is 36.8. The van der Waals surface area contributed by atoms with Gasteiger partial charge in [-0.05, 0) is 151 Å². The molecule has 2 saturated heterocycles. The maximum atomic E-state index is 12.1. The molecule has 0 bridgehead atoms. The number of amides is 2. The standard InChI is InChI=1S/C18H18N2O4.C17H16N2O4.C14H12BrNO2.C8H6BrIO2/c1-12-3-4-16(19-10-12)13-7-14(18(22)23-2)9-15(8-13)20-5-6-24-11-17(20)21;1-11-2-3-15(18-9-11)12-6-13(17(21)22)8-14(7-12)19-4-5-23-10-16(19)20;1-9-3-4-13(16-8-9)10-5-11(14(17)18-2)7-12(15)6-10;1-12-8(11)5-2-6(9)4-7(10)3-5/h3-4,7-10H,5-6,11H2,1-2H3;2-3,6-9H,4-5,10H2,1H3,(H,21,22);3-8H,1-2H3;2-4H,1H3. The molecular weight excluding hydrogens is 1230 g/mol. The van der Waals surface area contributed by atoms with Crippen LogP contribution in [0.2, 0.25) is 0 Å². The molecular formula is C57H52Br2IN5O12. The number of ether oxygens (including phenoxy) is 5. The Bertz CT molecular complexity index is 3250. The Morgan fingerprint density at radius 2 is 0.883 bits per heavy atom. The molecule has 0 spiro atoms. The molecule has 2 amide bonds. The van der Waals surface area contributed by atoms with Crippen LogP contribution in [0.25, 0.3) is 33.8 Å². The van der Waals surface area contributed by atoms with Gasteiger partial charge in [0.05, 0.1) is 73.9 Å². The number of nitrogens with zero attached hydrogens (tertiary/aromatic N) is 5. The summed E-state index contributed by atoms with van der Waals surface area (Å²) in [7, 11) is 4.07. The van der Waals surface area contributed by atoms with Crippen molar-refractivity contribution in [2.45, 2.75) is 20.8 Å². The van der Waals surface area contributed by atoms with Crippen LogP contribution in [0.3, 0.4) is 0 Å².